The quantitative estimate of drug-likeness (QED) is 0.158. The van der Waals surface area contributed by atoms with Crippen LogP contribution in [0.25, 0.3) is 0 Å². The lowest BCUT2D eigenvalue weighted by atomic mass is 9.69. The maximum atomic E-state index is 13.2. The van der Waals surface area contributed by atoms with E-state index in [0.717, 1.165) is 93.1 Å². The van der Waals surface area contributed by atoms with Crippen LogP contribution in [0.1, 0.15) is 88.5 Å². The zero-order chi connectivity index (χ0) is 36.3. The molecule has 2 N–H and O–H groups in total. The molecular formula is C45H50N4O4. The highest BCUT2D eigenvalue weighted by molar-refractivity contribution is 6.01. The highest BCUT2D eigenvalue weighted by atomic mass is 16.5. The molecule has 3 heterocycles. The number of ether oxygens (including phenoxy) is 1. The number of aryl methyl sites for hydroxylation is 1. The van der Waals surface area contributed by atoms with Crippen molar-refractivity contribution in [3.8, 4) is 11.5 Å². The number of unbranched alkanes of at least 4 members (excludes halogenated alkanes) is 2. The predicted octanol–water partition coefficient (Wildman–Crippen LogP) is 7.37. The molecule has 8 heteroatoms. The predicted molar refractivity (Wildman–Crippen MR) is 209 cm³/mol. The number of carbonyl (C=O) groups is 2. The lowest BCUT2D eigenvalue weighted by Crippen LogP contribution is -2.49. The molecule has 53 heavy (non-hydrogen) atoms. The number of piperidine rings is 1. The van der Waals surface area contributed by atoms with Gasteiger partial charge in [0.15, 0.2) is 0 Å². The number of allylic oxidation sites excluding steroid dienone is 1. The molecule has 4 aromatic rings. The fourth-order valence-electron chi connectivity index (χ4n) is 8.95. The molecule has 0 bridgehead atoms. The van der Waals surface area contributed by atoms with Crippen molar-refractivity contribution in [2.24, 2.45) is 0 Å². The standard InChI is InChI=1S/C45H50N4O4/c1-31-13-20-42(44(51)46-31)49-30-35-27-36(15-18-41(35)45(49)52)48-24-22-47(23-25-48)21-6-3-7-26-53-38-12-8-11-34(29-38)43-39(32-9-4-2-5-10-32)17-14-33-28-37(50)16-19-40(33)43/h2,4-5,8-12,15-16,18-19,27-29,39,42-43,50H,1,3,6-7,13-14,17,20-26,30H2,(H,46,51)/t39-,42?,43+/m1/s1. The minimum absolute atomic E-state index is 0.0481. The Balaban J connectivity index is 0.793. The zero-order valence-corrected chi connectivity index (χ0v) is 30.5. The summed E-state index contributed by atoms with van der Waals surface area (Å²) in [5, 5.41) is 13.0. The van der Waals surface area contributed by atoms with E-state index in [1.807, 2.05) is 18.2 Å². The lowest BCUT2D eigenvalue weighted by Gasteiger charge is -2.36. The minimum atomic E-state index is -0.430. The van der Waals surface area contributed by atoms with Gasteiger partial charge in [0, 0.05) is 55.6 Å². The molecule has 4 aliphatic rings. The van der Waals surface area contributed by atoms with Crippen molar-refractivity contribution in [1.82, 2.24) is 15.1 Å². The molecule has 4 aromatic carbocycles. The molecule has 8 rings (SSSR count). The van der Waals surface area contributed by atoms with Crippen LogP contribution in [0, 0.1) is 0 Å². The topological polar surface area (TPSA) is 85.4 Å². The molecule has 3 aliphatic heterocycles. The van der Waals surface area contributed by atoms with Crippen LogP contribution < -0.4 is 15.0 Å². The van der Waals surface area contributed by atoms with E-state index in [1.165, 1.54) is 22.3 Å². The van der Waals surface area contributed by atoms with Crippen LogP contribution in [-0.2, 0) is 17.8 Å². The number of phenolic OH excluding ortho intramolecular Hbond substituents is 1. The van der Waals surface area contributed by atoms with Crippen molar-refractivity contribution in [3.63, 3.8) is 0 Å². The second-order valence-electron chi connectivity index (χ2n) is 15.1. The molecule has 2 fully saturated rings. The Morgan fingerprint density at radius 2 is 1.62 bits per heavy atom. The highest BCUT2D eigenvalue weighted by Crippen LogP contribution is 2.47. The Bertz CT molecular complexity index is 1970. The average molecular weight is 711 g/mol. The van der Waals surface area contributed by atoms with Crippen LogP contribution in [0.5, 0.6) is 11.5 Å². The molecule has 2 amide bonds. The second-order valence-corrected chi connectivity index (χ2v) is 15.1. The summed E-state index contributed by atoms with van der Waals surface area (Å²) in [6, 6.07) is 31.1. The van der Waals surface area contributed by atoms with Crippen LogP contribution in [0.4, 0.5) is 5.69 Å². The van der Waals surface area contributed by atoms with Gasteiger partial charge in [-0.2, -0.15) is 0 Å². The third kappa shape index (κ3) is 7.56. The molecule has 0 saturated carbocycles. The number of rotatable bonds is 11. The van der Waals surface area contributed by atoms with Gasteiger partial charge in [0.05, 0.1) is 6.61 Å². The average Bonchev–Trinajstić information content (AvgIpc) is 3.51. The van der Waals surface area contributed by atoms with Crippen molar-refractivity contribution in [2.45, 2.75) is 69.4 Å². The van der Waals surface area contributed by atoms with E-state index in [2.05, 4.69) is 94.5 Å². The second kappa shape index (κ2) is 15.5. The van der Waals surface area contributed by atoms with Crippen molar-refractivity contribution in [3.05, 3.63) is 137 Å². The van der Waals surface area contributed by atoms with Crippen molar-refractivity contribution in [1.29, 1.82) is 0 Å². The minimum Gasteiger partial charge on any atom is -0.508 e. The molecule has 1 unspecified atom stereocenters. The summed E-state index contributed by atoms with van der Waals surface area (Å²) in [5.41, 5.74) is 8.77. The van der Waals surface area contributed by atoms with Crippen LogP contribution in [0.2, 0.25) is 0 Å². The van der Waals surface area contributed by atoms with Crippen molar-refractivity contribution < 1.29 is 19.4 Å². The van der Waals surface area contributed by atoms with Crippen LogP contribution >= 0.6 is 0 Å². The number of amides is 2. The van der Waals surface area contributed by atoms with Gasteiger partial charge in [0.2, 0.25) is 5.91 Å². The summed E-state index contributed by atoms with van der Waals surface area (Å²) in [6.45, 7) is 10.1. The molecule has 1 aliphatic carbocycles. The van der Waals surface area contributed by atoms with Crippen molar-refractivity contribution in [2.75, 3.05) is 44.2 Å². The highest BCUT2D eigenvalue weighted by Gasteiger charge is 2.38. The summed E-state index contributed by atoms with van der Waals surface area (Å²) in [5.74, 6) is 1.66. The number of piperazine rings is 1. The largest absolute Gasteiger partial charge is 0.508 e. The Morgan fingerprint density at radius 1 is 0.792 bits per heavy atom. The molecular weight excluding hydrogens is 661 g/mol. The number of fused-ring (bicyclic) bond motifs is 2. The smallest absolute Gasteiger partial charge is 0.255 e. The van der Waals surface area contributed by atoms with E-state index in [0.29, 0.717) is 37.7 Å². The van der Waals surface area contributed by atoms with Gasteiger partial charge in [-0.05, 0) is 128 Å². The monoisotopic (exact) mass is 710 g/mol. The summed E-state index contributed by atoms with van der Waals surface area (Å²) in [4.78, 5) is 32.4. The van der Waals surface area contributed by atoms with Crippen LogP contribution in [0.3, 0.4) is 0 Å². The number of aromatic hydroxyl groups is 1. The first-order valence-electron chi connectivity index (χ1n) is 19.4. The number of phenols is 1. The number of nitrogens with zero attached hydrogens (tertiary/aromatic N) is 3. The molecule has 0 aromatic heterocycles. The number of benzene rings is 4. The lowest BCUT2D eigenvalue weighted by molar-refractivity contribution is -0.126. The third-order valence-electron chi connectivity index (χ3n) is 11.8. The van der Waals surface area contributed by atoms with Gasteiger partial charge in [0.25, 0.3) is 5.91 Å². The summed E-state index contributed by atoms with van der Waals surface area (Å²) < 4.78 is 6.32. The van der Waals surface area contributed by atoms with Gasteiger partial charge in [-0.3, -0.25) is 14.5 Å². The number of carbonyl (C=O) groups excluding carboxylic acids is 2. The third-order valence-corrected chi connectivity index (χ3v) is 11.8. The van der Waals surface area contributed by atoms with E-state index >= 15 is 0 Å². The number of anilines is 1. The van der Waals surface area contributed by atoms with E-state index in [1.54, 1.807) is 4.90 Å². The van der Waals surface area contributed by atoms with Gasteiger partial charge in [-0.15, -0.1) is 0 Å². The maximum Gasteiger partial charge on any atom is 0.255 e. The molecule has 0 radical (unpaired) electrons. The fourth-order valence-corrected chi connectivity index (χ4v) is 8.95. The molecule has 8 nitrogen and oxygen atoms in total. The van der Waals surface area contributed by atoms with Gasteiger partial charge >= 0.3 is 0 Å². The summed E-state index contributed by atoms with van der Waals surface area (Å²) >= 11 is 0. The van der Waals surface area contributed by atoms with Crippen LogP contribution in [-0.4, -0.2) is 72.1 Å². The zero-order valence-electron chi connectivity index (χ0n) is 30.5. The maximum absolute atomic E-state index is 13.2. The fraction of sp³-hybridized carbons (Fsp3) is 0.378. The van der Waals surface area contributed by atoms with E-state index in [9.17, 15) is 14.7 Å². The van der Waals surface area contributed by atoms with Gasteiger partial charge < -0.3 is 25.0 Å². The van der Waals surface area contributed by atoms with Gasteiger partial charge in [-0.1, -0.05) is 55.1 Å². The van der Waals surface area contributed by atoms with Crippen LogP contribution in [0.15, 0.2) is 103 Å². The van der Waals surface area contributed by atoms with Crippen molar-refractivity contribution >= 4 is 17.5 Å². The Hall–Kier alpha value is -5.08. The first-order valence-corrected chi connectivity index (χ1v) is 19.4. The molecule has 274 valence electrons. The van der Waals surface area contributed by atoms with Gasteiger partial charge in [0.1, 0.15) is 17.5 Å². The van der Waals surface area contributed by atoms with Gasteiger partial charge in [-0.25, -0.2) is 0 Å². The first-order chi connectivity index (χ1) is 25.9. The van der Waals surface area contributed by atoms with E-state index in [4.69, 9.17) is 4.74 Å². The first kappa shape index (κ1) is 35.0. The molecule has 3 atom stereocenters. The number of hydrogen-bond donors (Lipinski definition) is 2. The molecule has 2 saturated heterocycles. The molecule has 0 spiro atoms. The Morgan fingerprint density at radius 3 is 2.45 bits per heavy atom. The number of nitrogens with one attached hydrogen (secondary N) is 1. The van der Waals surface area contributed by atoms with E-state index in [-0.39, 0.29) is 17.7 Å². The van der Waals surface area contributed by atoms with E-state index < -0.39 is 6.04 Å². The summed E-state index contributed by atoms with van der Waals surface area (Å²) in [6.07, 6.45) is 6.62. The number of hydrogen-bond acceptors (Lipinski definition) is 6. The SMILES string of the molecule is C=C1CCC(N2Cc3cc(N4CCN(CCCCCOc5cccc([C@@H]6c7ccc(O)cc7CC[C@@H]6c6ccccc6)c5)CC4)ccc3C2=O)C(=O)N1. The Kier molecular flexibility index (Phi) is 10.2. The normalized spacial score (nSPS) is 21.7. The Labute approximate surface area is 313 Å². The summed E-state index contributed by atoms with van der Waals surface area (Å²) in [7, 11) is 0.